The molecule has 0 unspecified atom stereocenters. The monoisotopic (exact) mass is 366 g/mol. The molecule has 27 heavy (non-hydrogen) atoms. The van der Waals surface area contributed by atoms with Crippen molar-refractivity contribution in [1.82, 2.24) is 10.2 Å². The fourth-order valence-corrected chi connectivity index (χ4v) is 3.53. The van der Waals surface area contributed by atoms with Crippen LogP contribution in [-0.4, -0.2) is 36.9 Å². The van der Waals surface area contributed by atoms with E-state index in [9.17, 15) is 9.59 Å². The molecule has 1 fully saturated rings. The normalized spacial score (nSPS) is 19.4. The van der Waals surface area contributed by atoms with Gasteiger partial charge in [0.05, 0.1) is 12.5 Å². The van der Waals surface area contributed by atoms with Gasteiger partial charge in [0.2, 0.25) is 5.91 Å². The summed E-state index contributed by atoms with van der Waals surface area (Å²) in [5, 5.41) is 3.03. The SMILES string of the molecule is COc1cccc(C(=O)N2CCC[C@@](C)(C(=O)NCc3ccccc3)C2)c1. The van der Waals surface area contributed by atoms with Gasteiger partial charge in [0, 0.05) is 25.2 Å². The van der Waals surface area contributed by atoms with E-state index >= 15 is 0 Å². The van der Waals surface area contributed by atoms with Crippen molar-refractivity contribution >= 4 is 11.8 Å². The lowest BCUT2D eigenvalue weighted by Gasteiger charge is -2.39. The summed E-state index contributed by atoms with van der Waals surface area (Å²) >= 11 is 0. The lowest BCUT2D eigenvalue weighted by molar-refractivity contribution is -0.132. The number of ether oxygens (including phenoxy) is 1. The van der Waals surface area contributed by atoms with Crippen molar-refractivity contribution in [3.63, 3.8) is 0 Å². The highest BCUT2D eigenvalue weighted by molar-refractivity contribution is 5.95. The van der Waals surface area contributed by atoms with E-state index in [2.05, 4.69) is 5.32 Å². The zero-order valence-corrected chi connectivity index (χ0v) is 15.9. The molecule has 5 nitrogen and oxygen atoms in total. The average molecular weight is 366 g/mol. The summed E-state index contributed by atoms with van der Waals surface area (Å²) in [4.78, 5) is 27.5. The topological polar surface area (TPSA) is 58.6 Å². The van der Waals surface area contributed by atoms with Crippen molar-refractivity contribution in [2.45, 2.75) is 26.3 Å². The lowest BCUT2D eigenvalue weighted by Crippen LogP contribution is -2.51. The van der Waals surface area contributed by atoms with Crippen LogP contribution in [0.3, 0.4) is 0 Å². The molecule has 1 N–H and O–H groups in total. The number of amides is 2. The summed E-state index contributed by atoms with van der Waals surface area (Å²) in [5.41, 5.74) is 1.07. The smallest absolute Gasteiger partial charge is 0.254 e. The third-order valence-electron chi connectivity index (χ3n) is 5.14. The van der Waals surface area contributed by atoms with Gasteiger partial charge in [-0.15, -0.1) is 0 Å². The van der Waals surface area contributed by atoms with E-state index < -0.39 is 5.41 Å². The molecular formula is C22H26N2O3. The zero-order valence-electron chi connectivity index (χ0n) is 15.9. The van der Waals surface area contributed by atoms with E-state index in [1.165, 1.54) is 0 Å². The number of carbonyl (C=O) groups is 2. The van der Waals surface area contributed by atoms with Crippen LogP contribution in [0.5, 0.6) is 5.75 Å². The molecule has 1 aliphatic rings. The van der Waals surface area contributed by atoms with Crippen LogP contribution in [0.4, 0.5) is 0 Å². The van der Waals surface area contributed by atoms with Crippen molar-refractivity contribution in [2.75, 3.05) is 20.2 Å². The number of rotatable bonds is 5. The summed E-state index contributed by atoms with van der Waals surface area (Å²) in [7, 11) is 1.58. The second kappa shape index (κ2) is 8.25. The van der Waals surface area contributed by atoms with Crippen molar-refractivity contribution in [2.24, 2.45) is 5.41 Å². The van der Waals surface area contributed by atoms with Gasteiger partial charge in [-0.3, -0.25) is 9.59 Å². The Morgan fingerprint density at radius 2 is 1.93 bits per heavy atom. The highest BCUT2D eigenvalue weighted by Gasteiger charge is 2.39. The molecule has 3 rings (SSSR count). The number of methoxy groups -OCH3 is 1. The van der Waals surface area contributed by atoms with Crippen LogP contribution in [-0.2, 0) is 11.3 Å². The average Bonchev–Trinajstić information content (AvgIpc) is 2.72. The Morgan fingerprint density at radius 3 is 2.67 bits per heavy atom. The van der Waals surface area contributed by atoms with E-state index in [0.717, 1.165) is 18.4 Å². The predicted octanol–water partition coefficient (Wildman–Crippen LogP) is 3.25. The van der Waals surface area contributed by atoms with Crippen LogP contribution in [0.15, 0.2) is 54.6 Å². The Hall–Kier alpha value is -2.82. The first-order chi connectivity index (χ1) is 13.0. The molecule has 142 valence electrons. The van der Waals surface area contributed by atoms with E-state index in [1.807, 2.05) is 49.4 Å². The highest BCUT2D eigenvalue weighted by atomic mass is 16.5. The van der Waals surface area contributed by atoms with Gasteiger partial charge in [-0.25, -0.2) is 0 Å². The molecule has 0 aromatic heterocycles. The summed E-state index contributed by atoms with van der Waals surface area (Å²) in [6, 6.07) is 17.0. The van der Waals surface area contributed by atoms with Crippen LogP contribution < -0.4 is 10.1 Å². The van der Waals surface area contributed by atoms with E-state index in [1.54, 1.807) is 24.1 Å². The highest BCUT2D eigenvalue weighted by Crippen LogP contribution is 2.31. The molecule has 0 spiro atoms. The minimum atomic E-state index is -0.582. The van der Waals surface area contributed by atoms with Gasteiger partial charge >= 0.3 is 0 Å². The first-order valence-electron chi connectivity index (χ1n) is 9.27. The summed E-state index contributed by atoms with van der Waals surface area (Å²) in [5.74, 6) is 0.589. The van der Waals surface area contributed by atoms with Gasteiger partial charge in [-0.2, -0.15) is 0 Å². The first-order valence-corrected chi connectivity index (χ1v) is 9.27. The lowest BCUT2D eigenvalue weighted by atomic mass is 9.80. The Balaban J connectivity index is 1.66. The van der Waals surface area contributed by atoms with Gasteiger partial charge in [-0.05, 0) is 43.5 Å². The van der Waals surface area contributed by atoms with Crippen molar-refractivity contribution in [3.05, 3.63) is 65.7 Å². The maximum atomic E-state index is 12.9. The van der Waals surface area contributed by atoms with Crippen molar-refractivity contribution in [1.29, 1.82) is 0 Å². The fraction of sp³-hybridized carbons (Fsp3) is 0.364. The number of likely N-dealkylation sites (tertiary alicyclic amines) is 1. The van der Waals surface area contributed by atoms with Crippen molar-refractivity contribution in [3.8, 4) is 5.75 Å². The molecule has 2 aromatic carbocycles. The number of hydrogen-bond donors (Lipinski definition) is 1. The molecule has 0 radical (unpaired) electrons. The second-order valence-electron chi connectivity index (χ2n) is 7.29. The maximum absolute atomic E-state index is 12.9. The summed E-state index contributed by atoms with van der Waals surface area (Å²) in [6.45, 7) is 3.53. The Morgan fingerprint density at radius 1 is 1.15 bits per heavy atom. The number of nitrogens with zero attached hydrogens (tertiary/aromatic N) is 1. The number of piperidine rings is 1. The number of hydrogen-bond acceptors (Lipinski definition) is 3. The van der Waals surface area contributed by atoms with Crippen LogP contribution in [0.2, 0.25) is 0 Å². The minimum absolute atomic E-state index is 0.00510. The molecule has 1 heterocycles. The molecule has 0 aliphatic carbocycles. The molecule has 1 aliphatic heterocycles. The molecule has 0 saturated carbocycles. The van der Waals surface area contributed by atoms with E-state index in [-0.39, 0.29) is 11.8 Å². The van der Waals surface area contributed by atoms with Crippen LogP contribution in [0.25, 0.3) is 0 Å². The third-order valence-corrected chi connectivity index (χ3v) is 5.14. The number of benzene rings is 2. The van der Waals surface area contributed by atoms with Gasteiger partial charge < -0.3 is 15.0 Å². The van der Waals surface area contributed by atoms with Crippen LogP contribution in [0.1, 0.15) is 35.7 Å². The van der Waals surface area contributed by atoms with Gasteiger partial charge in [-0.1, -0.05) is 36.4 Å². The maximum Gasteiger partial charge on any atom is 0.254 e. The first kappa shape index (κ1) is 19.0. The van der Waals surface area contributed by atoms with Crippen LogP contribution in [0, 0.1) is 5.41 Å². The van der Waals surface area contributed by atoms with E-state index in [4.69, 9.17) is 4.74 Å². The van der Waals surface area contributed by atoms with Gasteiger partial charge in [0.1, 0.15) is 5.75 Å². The standard InChI is InChI=1S/C22H26N2O3/c1-22(21(26)23-15-17-8-4-3-5-9-17)12-7-13-24(16-22)20(25)18-10-6-11-19(14-18)27-2/h3-6,8-11,14H,7,12-13,15-16H2,1-2H3,(H,23,26)/t22-/m1/s1. The number of carbonyl (C=O) groups excluding carboxylic acids is 2. The zero-order chi connectivity index (χ0) is 19.3. The molecule has 2 amide bonds. The molecular weight excluding hydrogens is 340 g/mol. The molecule has 0 bridgehead atoms. The molecule has 2 aromatic rings. The molecule has 1 atom stereocenters. The quantitative estimate of drug-likeness (QED) is 0.884. The third kappa shape index (κ3) is 4.48. The summed E-state index contributed by atoms with van der Waals surface area (Å²) < 4.78 is 5.21. The Labute approximate surface area is 160 Å². The largest absolute Gasteiger partial charge is 0.497 e. The van der Waals surface area contributed by atoms with E-state index in [0.29, 0.717) is 30.9 Å². The van der Waals surface area contributed by atoms with Crippen molar-refractivity contribution < 1.29 is 14.3 Å². The fourth-order valence-electron chi connectivity index (χ4n) is 3.53. The Kier molecular flexibility index (Phi) is 5.79. The molecule has 1 saturated heterocycles. The van der Waals surface area contributed by atoms with Crippen LogP contribution >= 0.6 is 0 Å². The van der Waals surface area contributed by atoms with Gasteiger partial charge in [0.25, 0.3) is 5.91 Å². The minimum Gasteiger partial charge on any atom is -0.497 e. The predicted molar refractivity (Wildman–Crippen MR) is 105 cm³/mol. The molecule has 5 heteroatoms. The van der Waals surface area contributed by atoms with Gasteiger partial charge in [0.15, 0.2) is 0 Å². The summed E-state index contributed by atoms with van der Waals surface area (Å²) in [6.07, 6.45) is 1.58. The second-order valence-corrected chi connectivity index (χ2v) is 7.29. The number of nitrogens with one attached hydrogen (secondary N) is 1. The Bertz CT molecular complexity index is 806.